The molecule has 0 fully saturated rings. The summed E-state index contributed by atoms with van der Waals surface area (Å²) >= 11 is 7.09. The molecule has 3 rings (SSSR count). The Hall–Kier alpha value is -0.0200. The number of alkyl halides is 3. The fourth-order valence-electron chi connectivity index (χ4n) is 2.22. The van der Waals surface area contributed by atoms with E-state index in [0.717, 1.165) is 0 Å². The molecule has 0 amide bonds. The minimum atomic E-state index is -5.84. The lowest BCUT2D eigenvalue weighted by Gasteiger charge is -2.19. The maximum absolute atomic E-state index is 10.7. The molecule has 0 saturated heterocycles. The first-order valence-electron chi connectivity index (χ1n) is 7.99. The quantitative estimate of drug-likeness (QED) is 0.162. The van der Waals surface area contributed by atoms with E-state index in [9.17, 15) is 13.2 Å². The van der Waals surface area contributed by atoms with E-state index in [2.05, 4.69) is 141 Å². The average molecular weight is 790 g/mol. The third-order valence-electron chi connectivity index (χ3n) is 3.55. The van der Waals surface area contributed by atoms with E-state index < -0.39 is 23.5 Å². The smallest absolute Gasteiger partial charge is 0.279 e. The van der Waals surface area contributed by atoms with Gasteiger partial charge in [0.05, 0.1) is 0 Å². The zero-order chi connectivity index (χ0) is 22.5. The molecule has 0 aliphatic heterocycles. The summed E-state index contributed by atoms with van der Waals surface area (Å²) in [6.07, 6.45) is 0. The van der Waals surface area contributed by atoms with Crippen LogP contribution in [0.15, 0.2) is 72.8 Å². The van der Waals surface area contributed by atoms with E-state index in [4.69, 9.17) is 13.0 Å². The maximum atomic E-state index is 10.7. The van der Waals surface area contributed by atoms with Crippen molar-refractivity contribution in [3.8, 4) is 0 Å². The molecule has 0 aromatic heterocycles. The maximum Gasteiger partial charge on any atom is 0.522 e. The molecule has 3 aromatic carbocycles. The SMILES string of the molecule is Ic1ccc(P(c2ccc(I)cc2)c2ccc(I)cc2)cc1.O=S(=O)(O)C(F)(F)F. The summed E-state index contributed by atoms with van der Waals surface area (Å²) in [4.78, 5) is 0. The molecule has 30 heavy (non-hydrogen) atoms. The predicted octanol–water partition coefficient (Wildman–Crippen LogP) is 5.65. The fourth-order valence-corrected chi connectivity index (χ4v) is 5.53. The standard InChI is InChI=1S/C18H12I3P.CHF3O3S/c19-13-1-7-16(8-2-13)22(17-9-3-14(20)4-10-17)18-11-5-15(21)6-12-18;2-1(3,4)8(5,6)7/h1-12H;(H,5,6,7). The molecule has 0 unspecified atom stereocenters. The van der Waals surface area contributed by atoms with Crippen molar-refractivity contribution < 1.29 is 26.1 Å². The van der Waals surface area contributed by atoms with Crippen LogP contribution in [0.4, 0.5) is 13.2 Å². The number of hydrogen-bond acceptors (Lipinski definition) is 2. The van der Waals surface area contributed by atoms with Gasteiger partial charge in [-0.05, 0) is 128 Å². The second-order valence-corrected chi connectivity index (χ2v) is 13.1. The van der Waals surface area contributed by atoms with Crippen LogP contribution in [-0.4, -0.2) is 18.5 Å². The van der Waals surface area contributed by atoms with Gasteiger partial charge in [0.2, 0.25) is 0 Å². The van der Waals surface area contributed by atoms with Gasteiger partial charge in [-0.25, -0.2) is 0 Å². The Kier molecular flexibility index (Phi) is 9.81. The molecule has 0 aliphatic carbocycles. The molecule has 0 heterocycles. The summed E-state index contributed by atoms with van der Waals surface area (Å²) < 4.78 is 61.4. The van der Waals surface area contributed by atoms with Crippen LogP contribution < -0.4 is 15.9 Å². The molecule has 0 bridgehead atoms. The van der Waals surface area contributed by atoms with Gasteiger partial charge < -0.3 is 0 Å². The van der Waals surface area contributed by atoms with Gasteiger partial charge in [0.25, 0.3) is 0 Å². The highest BCUT2D eigenvalue weighted by atomic mass is 127. The van der Waals surface area contributed by atoms with Crippen LogP contribution >= 0.6 is 75.7 Å². The van der Waals surface area contributed by atoms with Crippen LogP contribution in [0.2, 0.25) is 0 Å². The van der Waals surface area contributed by atoms with E-state index in [1.165, 1.54) is 26.6 Å². The normalized spacial score (nSPS) is 11.7. The van der Waals surface area contributed by atoms with Gasteiger partial charge in [0, 0.05) is 10.7 Å². The average Bonchev–Trinajstić information content (AvgIpc) is 2.65. The Morgan fingerprint density at radius 2 is 0.833 bits per heavy atom. The predicted molar refractivity (Wildman–Crippen MR) is 141 cm³/mol. The molecule has 160 valence electrons. The summed E-state index contributed by atoms with van der Waals surface area (Å²) in [5.74, 6) is 0. The number of halogens is 6. The van der Waals surface area contributed by atoms with Crippen LogP contribution in [0, 0.1) is 10.7 Å². The summed E-state index contributed by atoms with van der Waals surface area (Å²) in [6.45, 7) is 0. The lowest BCUT2D eigenvalue weighted by atomic mass is 10.4. The Morgan fingerprint density at radius 3 is 1.00 bits per heavy atom. The minimum Gasteiger partial charge on any atom is -0.279 e. The van der Waals surface area contributed by atoms with E-state index >= 15 is 0 Å². The van der Waals surface area contributed by atoms with Gasteiger partial charge in [0.15, 0.2) is 0 Å². The van der Waals surface area contributed by atoms with Crippen LogP contribution in [0.3, 0.4) is 0 Å². The molecule has 3 aromatic rings. The molecule has 0 radical (unpaired) electrons. The van der Waals surface area contributed by atoms with Crippen molar-refractivity contribution in [1.29, 1.82) is 0 Å². The topological polar surface area (TPSA) is 54.4 Å². The van der Waals surface area contributed by atoms with Gasteiger partial charge in [-0.2, -0.15) is 21.6 Å². The Labute approximate surface area is 214 Å². The first-order chi connectivity index (χ1) is 13.9. The zero-order valence-electron chi connectivity index (χ0n) is 14.8. The molecular formula is C19H13F3I3O3PS. The summed E-state index contributed by atoms with van der Waals surface area (Å²) in [7, 11) is -6.33. The molecule has 3 nitrogen and oxygen atoms in total. The highest BCUT2D eigenvalue weighted by Crippen LogP contribution is 2.33. The van der Waals surface area contributed by atoms with Crippen molar-refractivity contribution in [2.24, 2.45) is 0 Å². The van der Waals surface area contributed by atoms with Crippen molar-refractivity contribution in [3.05, 3.63) is 83.5 Å². The van der Waals surface area contributed by atoms with Gasteiger partial charge >= 0.3 is 15.6 Å². The molecule has 11 heteroatoms. The third-order valence-corrected chi connectivity index (χ3v) is 8.73. The van der Waals surface area contributed by atoms with E-state index in [1.54, 1.807) is 0 Å². The third kappa shape index (κ3) is 7.84. The molecule has 0 aliphatic rings. The highest BCUT2D eigenvalue weighted by molar-refractivity contribution is 14.1. The first-order valence-corrected chi connectivity index (χ1v) is 14.0. The highest BCUT2D eigenvalue weighted by Gasteiger charge is 2.44. The van der Waals surface area contributed by atoms with Crippen molar-refractivity contribution in [2.45, 2.75) is 5.51 Å². The van der Waals surface area contributed by atoms with Gasteiger partial charge in [-0.15, -0.1) is 0 Å². The minimum absolute atomic E-state index is 0.493. The monoisotopic (exact) mass is 790 g/mol. The van der Waals surface area contributed by atoms with Crippen LogP contribution in [0.1, 0.15) is 0 Å². The number of rotatable bonds is 3. The van der Waals surface area contributed by atoms with Crippen LogP contribution in [-0.2, 0) is 10.1 Å². The molecule has 0 spiro atoms. The second kappa shape index (κ2) is 11.2. The molecule has 0 atom stereocenters. The van der Waals surface area contributed by atoms with Crippen molar-refractivity contribution >= 4 is 102 Å². The van der Waals surface area contributed by atoms with Crippen molar-refractivity contribution in [2.75, 3.05) is 0 Å². The largest absolute Gasteiger partial charge is 0.522 e. The van der Waals surface area contributed by atoms with E-state index in [0.29, 0.717) is 0 Å². The van der Waals surface area contributed by atoms with E-state index in [-0.39, 0.29) is 0 Å². The molecule has 0 saturated carbocycles. The summed E-state index contributed by atoms with van der Waals surface area (Å²) in [5, 5.41) is 4.20. The van der Waals surface area contributed by atoms with E-state index in [1.807, 2.05) is 0 Å². The second-order valence-electron chi connectivity index (χ2n) is 5.69. The Bertz CT molecular complexity index is 965. The Morgan fingerprint density at radius 1 is 0.633 bits per heavy atom. The van der Waals surface area contributed by atoms with Crippen molar-refractivity contribution in [1.82, 2.24) is 0 Å². The summed E-state index contributed by atoms with van der Waals surface area (Å²) in [5.41, 5.74) is -5.53. The number of hydrogen-bond donors (Lipinski definition) is 1. The lowest BCUT2D eigenvalue weighted by molar-refractivity contribution is -0.0510. The first kappa shape index (κ1) is 26.2. The van der Waals surface area contributed by atoms with Crippen LogP contribution in [0.5, 0.6) is 0 Å². The summed E-state index contributed by atoms with van der Waals surface area (Å²) in [6, 6.07) is 26.8. The van der Waals surface area contributed by atoms with Gasteiger partial charge in [-0.1, -0.05) is 36.4 Å². The zero-order valence-corrected chi connectivity index (χ0v) is 23.0. The Balaban J connectivity index is 0.000000343. The van der Waals surface area contributed by atoms with Gasteiger partial charge in [-0.3, -0.25) is 4.55 Å². The van der Waals surface area contributed by atoms with Crippen LogP contribution in [0.25, 0.3) is 0 Å². The number of benzene rings is 3. The molecular weight excluding hydrogens is 777 g/mol. The molecule has 1 N–H and O–H groups in total. The fraction of sp³-hybridized carbons (Fsp3) is 0.0526. The van der Waals surface area contributed by atoms with Gasteiger partial charge in [0.1, 0.15) is 0 Å². The lowest BCUT2D eigenvalue weighted by Crippen LogP contribution is -2.21. The van der Waals surface area contributed by atoms with Crippen molar-refractivity contribution in [3.63, 3.8) is 0 Å².